The van der Waals surface area contributed by atoms with Gasteiger partial charge in [-0.2, -0.15) is 5.10 Å². The molecule has 0 fully saturated rings. The molecule has 2 rings (SSSR count). The molecule has 1 aromatic carbocycles. The van der Waals surface area contributed by atoms with Crippen LogP contribution in [0.1, 0.15) is 12.0 Å². The minimum absolute atomic E-state index is 0.244. The van der Waals surface area contributed by atoms with E-state index in [2.05, 4.69) is 33.2 Å². The summed E-state index contributed by atoms with van der Waals surface area (Å²) in [7, 11) is 0. The lowest BCUT2D eigenvalue weighted by Crippen LogP contribution is -1.95. The summed E-state index contributed by atoms with van der Waals surface area (Å²) in [5.41, 5.74) is 2.28. The van der Waals surface area contributed by atoms with E-state index < -0.39 is 0 Å². The fourth-order valence-corrected chi connectivity index (χ4v) is 1.83. The van der Waals surface area contributed by atoms with Gasteiger partial charge in [0.15, 0.2) is 0 Å². The van der Waals surface area contributed by atoms with Gasteiger partial charge in [-0.25, -0.2) is 4.68 Å². The number of hydrogen-bond donors (Lipinski definition) is 1. The van der Waals surface area contributed by atoms with Crippen LogP contribution in [0, 0.1) is 0 Å². The zero-order valence-corrected chi connectivity index (χ0v) is 10.4. The van der Waals surface area contributed by atoms with Crippen molar-refractivity contribution in [2.45, 2.75) is 12.8 Å². The van der Waals surface area contributed by atoms with Gasteiger partial charge in [-0.1, -0.05) is 12.1 Å². The number of halogens is 1. The number of aliphatic hydroxyl groups excluding tert-OH is 1. The van der Waals surface area contributed by atoms with Crippen molar-refractivity contribution in [1.29, 1.82) is 0 Å². The molecule has 0 aliphatic carbocycles. The summed E-state index contributed by atoms with van der Waals surface area (Å²) < 4.78 is 2.79. The summed E-state index contributed by atoms with van der Waals surface area (Å²) in [6.07, 6.45) is 5.41. The number of rotatable bonds is 4. The second kappa shape index (κ2) is 5.27. The van der Waals surface area contributed by atoms with Gasteiger partial charge in [-0.3, -0.25) is 0 Å². The first-order chi connectivity index (χ1) is 7.79. The lowest BCUT2D eigenvalue weighted by Gasteiger charge is -2.03. The predicted octanol–water partition coefficient (Wildman–Crippen LogP) is 2.56. The minimum atomic E-state index is 0.244. The summed E-state index contributed by atoms with van der Waals surface area (Å²) in [6.45, 7) is 0.244. The molecule has 0 saturated heterocycles. The molecule has 0 saturated carbocycles. The Morgan fingerprint density at radius 2 is 2.00 bits per heavy atom. The second-order valence-electron chi connectivity index (χ2n) is 3.60. The van der Waals surface area contributed by atoms with Gasteiger partial charge in [-0.05, 0) is 46.5 Å². The molecule has 0 atom stereocenters. The van der Waals surface area contributed by atoms with E-state index in [1.54, 1.807) is 6.20 Å². The Morgan fingerprint density at radius 3 is 2.56 bits per heavy atom. The maximum Gasteiger partial charge on any atom is 0.0646 e. The highest BCUT2D eigenvalue weighted by Crippen LogP contribution is 2.13. The lowest BCUT2D eigenvalue weighted by atomic mass is 10.1. The average molecular weight is 281 g/mol. The van der Waals surface area contributed by atoms with Crippen LogP contribution in [-0.2, 0) is 6.42 Å². The Morgan fingerprint density at radius 1 is 1.25 bits per heavy atom. The van der Waals surface area contributed by atoms with Crippen molar-refractivity contribution in [1.82, 2.24) is 9.78 Å². The fourth-order valence-electron chi connectivity index (χ4n) is 1.54. The molecule has 1 heterocycles. The van der Waals surface area contributed by atoms with Gasteiger partial charge < -0.3 is 5.11 Å². The van der Waals surface area contributed by atoms with Crippen LogP contribution in [0.15, 0.2) is 41.1 Å². The molecule has 0 bridgehead atoms. The monoisotopic (exact) mass is 280 g/mol. The van der Waals surface area contributed by atoms with Crippen molar-refractivity contribution >= 4 is 15.9 Å². The van der Waals surface area contributed by atoms with Crippen molar-refractivity contribution in [3.05, 3.63) is 46.7 Å². The van der Waals surface area contributed by atoms with Gasteiger partial charge in [-0.15, -0.1) is 0 Å². The molecule has 1 N–H and O–H groups in total. The Labute approximate surface area is 103 Å². The van der Waals surface area contributed by atoms with Crippen LogP contribution in [0.25, 0.3) is 5.69 Å². The molecule has 0 aliphatic heterocycles. The molecular formula is C12H13BrN2O. The highest BCUT2D eigenvalue weighted by Gasteiger charge is 1.99. The predicted molar refractivity (Wildman–Crippen MR) is 66.7 cm³/mol. The van der Waals surface area contributed by atoms with Crippen LogP contribution in [0.5, 0.6) is 0 Å². The van der Waals surface area contributed by atoms with E-state index >= 15 is 0 Å². The van der Waals surface area contributed by atoms with Crippen molar-refractivity contribution < 1.29 is 5.11 Å². The third-order valence-corrected chi connectivity index (χ3v) is 2.79. The van der Waals surface area contributed by atoms with Crippen molar-refractivity contribution in [3.8, 4) is 5.69 Å². The number of aromatic nitrogens is 2. The first-order valence-corrected chi connectivity index (χ1v) is 5.99. The first kappa shape index (κ1) is 11.4. The smallest absolute Gasteiger partial charge is 0.0646 e. The summed E-state index contributed by atoms with van der Waals surface area (Å²) in [4.78, 5) is 0. The van der Waals surface area contributed by atoms with Gasteiger partial charge in [0.2, 0.25) is 0 Å². The average Bonchev–Trinajstić information content (AvgIpc) is 2.74. The second-order valence-corrected chi connectivity index (χ2v) is 4.51. The van der Waals surface area contributed by atoms with Crippen molar-refractivity contribution in [2.24, 2.45) is 0 Å². The van der Waals surface area contributed by atoms with Gasteiger partial charge >= 0.3 is 0 Å². The largest absolute Gasteiger partial charge is 0.396 e. The third kappa shape index (κ3) is 2.71. The van der Waals surface area contributed by atoms with Gasteiger partial charge in [0.1, 0.15) is 0 Å². The molecule has 0 radical (unpaired) electrons. The molecule has 84 valence electrons. The first-order valence-electron chi connectivity index (χ1n) is 5.20. The molecule has 0 unspecified atom stereocenters. The minimum Gasteiger partial charge on any atom is -0.396 e. The summed E-state index contributed by atoms with van der Waals surface area (Å²) in [5, 5.41) is 13.0. The van der Waals surface area contributed by atoms with E-state index in [1.165, 1.54) is 5.56 Å². The molecule has 0 spiro atoms. The van der Waals surface area contributed by atoms with Crippen molar-refractivity contribution in [3.63, 3.8) is 0 Å². The maximum absolute atomic E-state index is 8.74. The molecule has 2 aromatic rings. The van der Waals surface area contributed by atoms with E-state index in [4.69, 9.17) is 5.11 Å². The maximum atomic E-state index is 8.74. The normalized spacial score (nSPS) is 10.6. The number of nitrogens with zero attached hydrogens (tertiary/aromatic N) is 2. The fraction of sp³-hybridized carbons (Fsp3) is 0.250. The Kier molecular flexibility index (Phi) is 3.74. The third-order valence-electron chi connectivity index (χ3n) is 2.38. The molecule has 1 aromatic heterocycles. The van der Waals surface area contributed by atoms with Crippen LogP contribution in [0.3, 0.4) is 0 Å². The van der Waals surface area contributed by atoms with E-state index in [9.17, 15) is 0 Å². The van der Waals surface area contributed by atoms with E-state index in [0.717, 1.165) is 23.0 Å². The van der Waals surface area contributed by atoms with Crippen LogP contribution < -0.4 is 0 Å². The van der Waals surface area contributed by atoms with Crippen LogP contribution in [0.2, 0.25) is 0 Å². The molecule has 0 amide bonds. The SMILES string of the molecule is OCCCc1ccc(-n2cc(Br)cn2)cc1. The summed E-state index contributed by atoms with van der Waals surface area (Å²) in [5.74, 6) is 0. The molecule has 3 nitrogen and oxygen atoms in total. The van der Waals surface area contributed by atoms with Gasteiger partial charge in [0.05, 0.1) is 16.4 Å². The quantitative estimate of drug-likeness (QED) is 0.935. The standard InChI is InChI=1S/C12H13BrN2O/c13-11-8-14-15(9-11)12-5-3-10(4-6-12)2-1-7-16/h3-6,8-9,16H,1-2,7H2. The number of aliphatic hydroxyl groups is 1. The van der Waals surface area contributed by atoms with Crippen LogP contribution in [-0.4, -0.2) is 21.5 Å². The summed E-state index contributed by atoms with van der Waals surface area (Å²) >= 11 is 3.37. The summed E-state index contributed by atoms with van der Waals surface area (Å²) in [6, 6.07) is 8.21. The highest BCUT2D eigenvalue weighted by atomic mass is 79.9. The van der Waals surface area contributed by atoms with Gasteiger partial charge in [0.25, 0.3) is 0 Å². The Bertz CT molecular complexity index is 450. The molecule has 4 heteroatoms. The van der Waals surface area contributed by atoms with E-state index in [0.29, 0.717) is 0 Å². The van der Waals surface area contributed by atoms with Crippen molar-refractivity contribution in [2.75, 3.05) is 6.61 Å². The number of hydrogen-bond acceptors (Lipinski definition) is 2. The van der Waals surface area contributed by atoms with Crippen LogP contribution in [0.4, 0.5) is 0 Å². The lowest BCUT2D eigenvalue weighted by molar-refractivity contribution is 0.288. The van der Waals surface area contributed by atoms with Gasteiger partial charge in [0, 0.05) is 12.8 Å². The highest BCUT2D eigenvalue weighted by molar-refractivity contribution is 9.10. The van der Waals surface area contributed by atoms with E-state index in [1.807, 2.05) is 23.0 Å². The zero-order valence-electron chi connectivity index (χ0n) is 8.81. The topological polar surface area (TPSA) is 38.0 Å². The van der Waals surface area contributed by atoms with Crippen LogP contribution >= 0.6 is 15.9 Å². The number of benzene rings is 1. The number of aryl methyl sites for hydroxylation is 1. The Hall–Kier alpha value is -1.13. The zero-order chi connectivity index (χ0) is 11.4. The van der Waals surface area contributed by atoms with E-state index in [-0.39, 0.29) is 6.61 Å². The molecule has 0 aliphatic rings. The molecular weight excluding hydrogens is 268 g/mol. The molecule has 16 heavy (non-hydrogen) atoms. The Balaban J connectivity index is 2.13.